The largest absolute Gasteiger partial charge is 0.364 e. The van der Waals surface area contributed by atoms with Gasteiger partial charge in [-0.1, -0.05) is 5.16 Å². The van der Waals surface area contributed by atoms with Crippen LogP contribution >= 0.6 is 35.7 Å². The van der Waals surface area contributed by atoms with E-state index >= 15 is 0 Å². The zero-order valence-corrected chi connectivity index (χ0v) is 15.0. The third-order valence-electron chi connectivity index (χ3n) is 2.47. The number of halogens is 1. The quantitative estimate of drug-likeness (QED) is 0.438. The summed E-state index contributed by atoms with van der Waals surface area (Å²) < 4.78 is 4.96. The fourth-order valence-corrected chi connectivity index (χ4v) is 1.41. The molecule has 1 rings (SSSR count). The summed E-state index contributed by atoms with van der Waals surface area (Å²) in [6.07, 6.45) is 3.67. The summed E-state index contributed by atoms with van der Waals surface area (Å²) in [6, 6.07) is 1.82. The molecule has 0 bridgehead atoms. The Bertz CT molecular complexity index is 368. The van der Waals surface area contributed by atoms with Gasteiger partial charge in [0.2, 0.25) is 0 Å². The second-order valence-electron chi connectivity index (χ2n) is 4.50. The first-order valence-electron chi connectivity index (χ1n) is 6.04. The molecule has 7 heteroatoms. The zero-order valence-electron chi connectivity index (χ0n) is 11.9. The Morgan fingerprint density at radius 3 is 2.74 bits per heavy atom. The van der Waals surface area contributed by atoms with Gasteiger partial charge in [0.1, 0.15) is 12.0 Å². The van der Waals surface area contributed by atoms with E-state index in [0.717, 1.165) is 24.7 Å². The lowest BCUT2D eigenvalue weighted by molar-refractivity contribution is 0.412. The van der Waals surface area contributed by atoms with Gasteiger partial charge >= 0.3 is 0 Å². The summed E-state index contributed by atoms with van der Waals surface area (Å²) >= 11 is 1.83. The van der Waals surface area contributed by atoms with Gasteiger partial charge < -0.3 is 15.2 Å². The van der Waals surface area contributed by atoms with Crippen LogP contribution in [0.1, 0.15) is 26.5 Å². The van der Waals surface area contributed by atoms with Gasteiger partial charge in [-0.2, -0.15) is 11.8 Å². The molecule has 1 aromatic heterocycles. The highest BCUT2D eigenvalue weighted by Gasteiger charge is 2.16. The summed E-state index contributed by atoms with van der Waals surface area (Å²) in [6.45, 7) is 8.67. The predicted molar refractivity (Wildman–Crippen MR) is 92.3 cm³/mol. The molecular formula is C12H23IN4OS. The smallest absolute Gasteiger partial charge is 0.191 e. The molecule has 0 aliphatic carbocycles. The molecule has 0 fully saturated rings. The van der Waals surface area contributed by atoms with E-state index in [9.17, 15) is 0 Å². The molecule has 110 valence electrons. The van der Waals surface area contributed by atoms with Crippen molar-refractivity contribution in [3.05, 3.63) is 18.0 Å². The molecule has 0 spiro atoms. The monoisotopic (exact) mass is 398 g/mol. The van der Waals surface area contributed by atoms with E-state index in [4.69, 9.17) is 4.52 Å². The molecule has 5 nitrogen and oxygen atoms in total. The highest BCUT2D eigenvalue weighted by atomic mass is 127. The first kappa shape index (κ1) is 18.6. The van der Waals surface area contributed by atoms with Crippen molar-refractivity contribution >= 4 is 41.7 Å². The van der Waals surface area contributed by atoms with Gasteiger partial charge in [-0.15, -0.1) is 24.0 Å². The van der Waals surface area contributed by atoms with E-state index in [2.05, 4.69) is 40.9 Å². The molecular weight excluding hydrogens is 375 g/mol. The van der Waals surface area contributed by atoms with E-state index in [-0.39, 0.29) is 28.7 Å². The Hall–Kier alpha value is -0.440. The second-order valence-corrected chi connectivity index (χ2v) is 6.02. The van der Waals surface area contributed by atoms with Crippen LogP contribution in [0, 0.1) is 0 Å². The molecule has 2 N–H and O–H groups in total. The van der Waals surface area contributed by atoms with Crippen LogP contribution in [0.4, 0.5) is 0 Å². The molecule has 0 radical (unpaired) electrons. The van der Waals surface area contributed by atoms with E-state index in [1.54, 1.807) is 6.26 Å². The number of aromatic nitrogens is 1. The van der Waals surface area contributed by atoms with E-state index < -0.39 is 0 Å². The third kappa shape index (κ3) is 7.66. The standard InChI is InChI=1S/C12H22N4OS.HI/c1-5-13-11(15-9-12(2,3)18-4)14-8-10-6-7-17-16-10;/h6-7H,5,8-9H2,1-4H3,(H2,13,14,15);1H. The number of nitrogens with zero attached hydrogens (tertiary/aromatic N) is 2. The highest BCUT2D eigenvalue weighted by Crippen LogP contribution is 2.19. The third-order valence-corrected chi connectivity index (χ3v) is 3.72. The van der Waals surface area contributed by atoms with Crippen molar-refractivity contribution in [1.29, 1.82) is 0 Å². The number of rotatable bonds is 6. The maximum Gasteiger partial charge on any atom is 0.191 e. The topological polar surface area (TPSA) is 62.5 Å². The summed E-state index contributed by atoms with van der Waals surface area (Å²) in [4.78, 5) is 4.46. The molecule has 0 saturated carbocycles. The Balaban J connectivity index is 0.00000324. The molecule has 1 aromatic rings. The van der Waals surface area contributed by atoms with Gasteiger partial charge in [0.05, 0.1) is 6.54 Å². The minimum Gasteiger partial charge on any atom is -0.364 e. The molecule has 1 heterocycles. The Morgan fingerprint density at radius 1 is 1.47 bits per heavy atom. The molecule has 19 heavy (non-hydrogen) atoms. The van der Waals surface area contributed by atoms with E-state index in [1.165, 1.54) is 0 Å². The van der Waals surface area contributed by atoms with Gasteiger partial charge in [0.15, 0.2) is 5.96 Å². The number of hydrogen-bond donors (Lipinski definition) is 2. The van der Waals surface area contributed by atoms with Crippen molar-refractivity contribution in [2.45, 2.75) is 32.1 Å². The van der Waals surface area contributed by atoms with Gasteiger partial charge in [0, 0.05) is 23.9 Å². The second kappa shape index (κ2) is 9.46. The molecule has 0 atom stereocenters. The lowest BCUT2D eigenvalue weighted by Gasteiger charge is -2.23. The van der Waals surface area contributed by atoms with Gasteiger partial charge in [0.25, 0.3) is 0 Å². The summed E-state index contributed by atoms with van der Waals surface area (Å²) in [5.41, 5.74) is 0.830. The van der Waals surface area contributed by atoms with Crippen molar-refractivity contribution in [3.63, 3.8) is 0 Å². The van der Waals surface area contributed by atoms with Crippen molar-refractivity contribution in [3.8, 4) is 0 Å². The molecule has 0 unspecified atom stereocenters. The maximum atomic E-state index is 4.77. The maximum absolute atomic E-state index is 4.77. The average Bonchev–Trinajstić information content (AvgIpc) is 2.86. The number of nitrogens with one attached hydrogen (secondary N) is 2. The molecule has 0 aliphatic heterocycles. The number of thioether (sulfide) groups is 1. The van der Waals surface area contributed by atoms with Crippen LogP contribution in [-0.2, 0) is 6.54 Å². The normalized spacial score (nSPS) is 11.9. The first-order valence-corrected chi connectivity index (χ1v) is 7.26. The van der Waals surface area contributed by atoms with Crippen LogP contribution in [0.2, 0.25) is 0 Å². The molecule has 0 amide bonds. The minimum atomic E-state index is 0. The van der Waals surface area contributed by atoms with Crippen molar-refractivity contribution in [2.75, 3.05) is 19.3 Å². The van der Waals surface area contributed by atoms with Crippen LogP contribution < -0.4 is 10.6 Å². The van der Waals surface area contributed by atoms with Crippen LogP contribution in [0.3, 0.4) is 0 Å². The average molecular weight is 398 g/mol. The van der Waals surface area contributed by atoms with E-state index in [0.29, 0.717) is 6.54 Å². The van der Waals surface area contributed by atoms with E-state index in [1.807, 2.05) is 24.8 Å². The summed E-state index contributed by atoms with van der Waals surface area (Å²) in [7, 11) is 0. The zero-order chi connectivity index (χ0) is 13.4. The van der Waals surface area contributed by atoms with Crippen molar-refractivity contribution < 1.29 is 4.52 Å². The Kier molecular flexibility index (Phi) is 9.24. The molecule has 0 saturated heterocycles. The van der Waals surface area contributed by atoms with Gasteiger partial charge in [-0.25, -0.2) is 4.99 Å². The molecule has 0 aliphatic rings. The van der Waals surface area contributed by atoms with Crippen LogP contribution in [0.25, 0.3) is 0 Å². The lowest BCUT2D eigenvalue weighted by Crippen LogP contribution is -2.43. The highest BCUT2D eigenvalue weighted by molar-refractivity contribution is 14.0. The fourth-order valence-electron chi connectivity index (χ4n) is 1.19. The Labute approximate surface area is 136 Å². The number of hydrogen-bond acceptors (Lipinski definition) is 4. The summed E-state index contributed by atoms with van der Waals surface area (Å²) in [5.74, 6) is 0.808. The fraction of sp³-hybridized carbons (Fsp3) is 0.667. The van der Waals surface area contributed by atoms with Gasteiger partial charge in [-0.3, -0.25) is 0 Å². The lowest BCUT2D eigenvalue weighted by atomic mass is 10.2. The first-order chi connectivity index (χ1) is 8.57. The number of aliphatic imine (C=N–C) groups is 1. The van der Waals surface area contributed by atoms with Crippen molar-refractivity contribution in [2.24, 2.45) is 4.99 Å². The predicted octanol–water partition coefficient (Wildman–Crippen LogP) is 2.49. The van der Waals surface area contributed by atoms with Crippen LogP contribution in [0.5, 0.6) is 0 Å². The number of guanidine groups is 1. The van der Waals surface area contributed by atoms with Crippen molar-refractivity contribution in [1.82, 2.24) is 15.8 Å². The Morgan fingerprint density at radius 2 is 2.21 bits per heavy atom. The van der Waals surface area contributed by atoms with Crippen LogP contribution in [0.15, 0.2) is 21.8 Å². The minimum absolute atomic E-state index is 0. The van der Waals surface area contributed by atoms with Crippen LogP contribution in [-0.4, -0.2) is 35.2 Å². The SMILES string of the molecule is CCNC(=NCc1ccon1)NCC(C)(C)SC.I. The van der Waals surface area contributed by atoms with Gasteiger partial charge in [-0.05, 0) is 27.0 Å². The molecule has 0 aromatic carbocycles. The summed E-state index contributed by atoms with van der Waals surface area (Å²) in [5, 5.41) is 10.4.